The average Bonchev–Trinajstić information content (AvgIpc) is 3.20. The van der Waals surface area contributed by atoms with Gasteiger partial charge in [-0.2, -0.15) is 0 Å². The van der Waals surface area contributed by atoms with Crippen molar-refractivity contribution in [2.45, 2.75) is 259 Å². The van der Waals surface area contributed by atoms with Crippen LogP contribution in [0.2, 0.25) is 0 Å². The summed E-state index contributed by atoms with van der Waals surface area (Å²) >= 11 is 0. The number of hydrogen-bond donors (Lipinski definition) is 0. The second-order valence-electron chi connectivity index (χ2n) is 17.4. The lowest BCUT2D eigenvalue weighted by molar-refractivity contribution is -0.145. The minimum atomic E-state index is 0.00587. The number of hydrogen-bond acceptors (Lipinski definition) is 6. The molecule has 0 heterocycles. The monoisotopic (exact) mass is 794 g/mol. The predicted molar refractivity (Wildman–Crippen MR) is 241 cm³/mol. The molecule has 0 saturated heterocycles. The van der Waals surface area contributed by atoms with E-state index in [1.54, 1.807) is 0 Å². The molecule has 0 aliphatic carbocycles. The van der Waals surface area contributed by atoms with E-state index < -0.39 is 0 Å². The average molecular weight is 794 g/mol. The van der Waals surface area contributed by atoms with E-state index in [1.165, 1.54) is 161 Å². The number of rotatable bonds is 45. The van der Waals surface area contributed by atoms with Crippen LogP contribution in [0, 0.1) is 11.8 Å². The molecular weight excluding hydrogens is 695 g/mol. The molecular formula is C50H99NO5. The van der Waals surface area contributed by atoms with E-state index in [2.05, 4.69) is 46.6 Å². The summed E-state index contributed by atoms with van der Waals surface area (Å²) < 4.78 is 17.7. The van der Waals surface area contributed by atoms with Gasteiger partial charge in [-0.1, -0.05) is 189 Å². The van der Waals surface area contributed by atoms with Crippen molar-refractivity contribution in [2.24, 2.45) is 11.8 Å². The van der Waals surface area contributed by atoms with Gasteiger partial charge < -0.3 is 19.1 Å². The summed E-state index contributed by atoms with van der Waals surface area (Å²) in [4.78, 5) is 26.9. The molecule has 0 radical (unpaired) electrons. The van der Waals surface area contributed by atoms with Crippen molar-refractivity contribution in [1.29, 1.82) is 0 Å². The van der Waals surface area contributed by atoms with E-state index in [-0.39, 0.29) is 11.9 Å². The van der Waals surface area contributed by atoms with Crippen molar-refractivity contribution < 1.29 is 23.8 Å². The molecule has 0 unspecified atom stereocenters. The quantitative estimate of drug-likeness (QED) is 0.0452. The van der Waals surface area contributed by atoms with Crippen molar-refractivity contribution in [3.05, 3.63) is 0 Å². The minimum absolute atomic E-state index is 0.00587. The van der Waals surface area contributed by atoms with E-state index in [9.17, 15) is 9.59 Å². The van der Waals surface area contributed by atoms with Crippen molar-refractivity contribution in [3.8, 4) is 0 Å². The molecule has 0 atom stereocenters. The largest absolute Gasteiger partial charge is 0.466 e. The van der Waals surface area contributed by atoms with Crippen LogP contribution in [0.5, 0.6) is 0 Å². The lowest BCUT2D eigenvalue weighted by Gasteiger charge is -2.19. The van der Waals surface area contributed by atoms with Crippen molar-refractivity contribution in [1.82, 2.24) is 4.90 Å². The number of carbonyl (C=O) groups excluding carboxylic acids is 2. The number of esters is 2. The van der Waals surface area contributed by atoms with Crippen molar-refractivity contribution in [2.75, 3.05) is 40.0 Å². The molecule has 0 amide bonds. The summed E-state index contributed by atoms with van der Waals surface area (Å²) in [5, 5.41) is 0. The zero-order valence-electron chi connectivity index (χ0n) is 38.8. The highest BCUT2D eigenvalue weighted by atomic mass is 16.5. The Morgan fingerprint density at radius 3 is 1.16 bits per heavy atom. The van der Waals surface area contributed by atoms with Crippen molar-refractivity contribution in [3.63, 3.8) is 0 Å². The summed E-state index contributed by atoms with van der Waals surface area (Å²) in [6, 6.07) is 0. The second kappa shape index (κ2) is 43.4. The van der Waals surface area contributed by atoms with Gasteiger partial charge in [0.2, 0.25) is 0 Å². The Balaban J connectivity index is 4.12. The van der Waals surface area contributed by atoms with Gasteiger partial charge in [-0.25, -0.2) is 0 Å². The molecule has 0 N–H and O–H groups in total. The maximum Gasteiger partial charge on any atom is 0.305 e. The standard InChI is InChI=1S/C50H99NO5/c1-7-12-32-46(33-13-8-2)40-44-55-49(52)38-28-24-20-16-18-22-26-36-48(54-43-31-30-42-51(6)11-5)37-27-23-19-17-21-25-29-39-50(53)56-45-41-47(34-14-9-3)35-15-10-4/h46-48H,7-45H2,1-6H3. The highest BCUT2D eigenvalue weighted by Gasteiger charge is 2.13. The fourth-order valence-corrected chi connectivity index (χ4v) is 7.91. The number of nitrogens with zero attached hydrogens (tertiary/aromatic N) is 1. The minimum Gasteiger partial charge on any atom is -0.466 e. The normalized spacial score (nSPS) is 11.8. The third-order valence-electron chi connectivity index (χ3n) is 12.1. The Morgan fingerprint density at radius 2 is 0.786 bits per heavy atom. The van der Waals surface area contributed by atoms with Crippen LogP contribution in [0.4, 0.5) is 0 Å². The first-order valence-corrected chi connectivity index (χ1v) is 25.0. The molecule has 0 aliphatic heterocycles. The lowest BCUT2D eigenvalue weighted by atomic mass is 9.93. The smallest absolute Gasteiger partial charge is 0.305 e. The Kier molecular flexibility index (Phi) is 42.6. The lowest BCUT2D eigenvalue weighted by Crippen LogP contribution is -2.20. The SMILES string of the molecule is CCCCC(CCCC)CCOC(=O)CCCCCCCCCC(CCCCCCCCCC(=O)OCCC(CCCC)CCCC)OCCCCN(C)CC. The molecule has 0 rings (SSSR count). The van der Waals surface area contributed by atoms with Crippen molar-refractivity contribution >= 4 is 11.9 Å². The van der Waals surface area contributed by atoms with Crippen LogP contribution in [-0.2, 0) is 23.8 Å². The summed E-state index contributed by atoms with van der Waals surface area (Å²) in [7, 11) is 2.20. The third kappa shape index (κ3) is 38.4. The molecule has 0 saturated carbocycles. The Morgan fingerprint density at radius 1 is 0.411 bits per heavy atom. The molecule has 6 nitrogen and oxygen atoms in total. The van der Waals surface area contributed by atoms with Crippen LogP contribution in [0.3, 0.4) is 0 Å². The first-order chi connectivity index (χ1) is 27.4. The molecule has 0 fully saturated rings. The Hall–Kier alpha value is -1.14. The molecule has 0 aromatic carbocycles. The fraction of sp³-hybridized carbons (Fsp3) is 0.960. The highest BCUT2D eigenvalue weighted by molar-refractivity contribution is 5.69. The second-order valence-corrected chi connectivity index (χ2v) is 17.4. The predicted octanol–water partition coefficient (Wildman–Crippen LogP) is 15.0. The molecule has 0 spiro atoms. The third-order valence-corrected chi connectivity index (χ3v) is 12.1. The van der Waals surface area contributed by atoms with Gasteiger partial charge in [0.1, 0.15) is 0 Å². The first-order valence-electron chi connectivity index (χ1n) is 25.0. The Bertz CT molecular complexity index is 749. The summed E-state index contributed by atoms with van der Waals surface area (Å²) in [6.07, 6.45) is 40.5. The van der Waals surface area contributed by atoms with E-state index in [0.717, 1.165) is 76.5 Å². The van der Waals surface area contributed by atoms with Gasteiger partial charge in [-0.15, -0.1) is 0 Å². The first kappa shape index (κ1) is 54.9. The molecule has 0 aliphatic rings. The molecule has 56 heavy (non-hydrogen) atoms. The number of carbonyl (C=O) groups is 2. The topological polar surface area (TPSA) is 65.1 Å². The zero-order chi connectivity index (χ0) is 41.2. The van der Waals surface area contributed by atoms with Crippen LogP contribution >= 0.6 is 0 Å². The van der Waals surface area contributed by atoms with E-state index in [1.807, 2.05) is 0 Å². The zero-order valence-corrected chi connectivity index (χ0v) is 38.8. The van der Waals surface area contributed by atoms with Gasteiger partial charge in [-0.3, -0.25) is 9.59 Å². The van der Waals surface area contributed by atoms with Gasteiger partial charge in [0, 0.05) is 19.4 Å². The molecule has 334 valence electrons. The summed E-state index contributed by atoms with van der Waals surface area (Å²) in [5.74, 6) is 1.45. The highest BCUT2D eigenvalue weighted by Crippen LogP contribution is 2.22. The maximum absolute atomic E-state index is 12.3. The molecule has 0 bridgehead atoms. The number of ether oxygens (including phenoxy) is 3. The van der Waals surface area contributed by atoms with Crippen LogP contribution in [-0.4, -0.2) is 62.9 Å². The fourth-order valence-electron chi connectivity index (χ4n) is 7.91. The van der Waals surface area contributed by atoms with Gasteiger partial charge >= 0.3 is 11.9 Å². The summed E-state index contributed by atoms with van der Waals surface area (Å²) in [6.45, 7) is 15.6. The molecule has 6 heteroatoms. The van der Waals surface area contributed by atoms with Crippen LogP contribution in [0.15, 0.2) is 0 Å². The van der Waals surface area contributed by atoms with E-state index in [4.69, 9.17) is 14.2 Å². The van der Waals surface area contributed by atoms with Gasteiger partial charge in [0.25, 0.3) is 0 Å². The number of unbranched alkanes of at least 4 members (excludes halogenated alkanes) is 17. The van der Waals surface area contributed by atoms with Crippen LogP contribution in [0.25, 0.3) is 0 Å². The van der Waals surface area contributed by atoms with E-state index in [0.29, 0.717) is 32.2 Å². The van der Waals surface area contributed by atoms with Gasteiger partial charge in [-0.05, 0) is 83.3 Å². The van der Waals surface area contributed by atoms with Gasteiger partial charge in [0.05, 0.1) is 19.3 Å². The van der Waals surface area contributed by atoms with Crippen LogP contribution in [0.1, 0.15) is 253 Å². The maximum atomic E-state index is 12.3. The van der Waals surface area contributed by atoms with Crippen LogP contribution < -0.4 is 0 Å². The summed E-state index contributed by atoms with van der Waals surface area (Å²) in [5.41, 5.74) is 0. The molecule has 0 aromatic heterocycles. The Labute approximate surface area is 350 Å². The van der Waals surface area contributed by atoms with E-state index >= 15 is 0 Å². The molecule has 0 aromatic rings. The van der Waals surface area contributed by atoms with Gasteiger partial charge in [0.15, 0.2) is 0 Å².